The summed E-state index contributed by atoms with van der Waals surface area (Å²) in [4.78, 5) is 0. The molecule has 0 atom stereocenters. The van der Waals surface area contributed by atoms with Crippen LogP contribution in [-0.2, 0) is 0 Å². The largest absolute Gasteiger partial charge is 0.267 e. The predicted molar refractivity (Wildman–Crippen MR) is 46.6 cm³/mol. The van der Waals surface area contributed by atoms with E-state index < -0.39 is 0 Å². The smallest absolute Gasteiger partial charge is 0.0523 e. The summed E-state index contributed by atoms with van der Waals surface area (Å²) in [6, 6.07) is 2.79. The van der Waals surface area contributed by atoms with E-state index in [9.17, 15) is 0 Å². The molecule has 1 aliphatic rings. The molecule has 0 aliphatic heterocycles. The van der Waals surface area contributed by atoms with Crippen LogP contribution in [0.25, 0.3) is 0 Å². The van der Waals surface area contributed by atoms with E-state index in [1.165, 1.54) is 18.5 Å². The van der Waals surface area contributed by atoms with Crippen molar-refractivity contribution in [2.45, 2.75) is 39.7 Å². The summed E-state index contributed by atoms with van der Waals surface area (Å²) < 4.78 is 2.11. The quantitative estimate of drug-likeness (QED) is 0.604. The Kier molecular flexibility index (Phi) is 2.69. The Labute approximate surface area is 68.2 Å². The van der Waals surface area contributed by atoms with Crippen molar-refractivity contribution in [1.82, 2.24) is 9.78 Å². The van der Waals surface area contributed by atoms with Gasteiger partial charge in [-0.2, -0.15) is 5.10 Å². The molecule has 0 amide bonds. The highest BCUT2D eigenvalue weighted by atomic mass is 15.3. The summed E-state index contributed by atoms with van der Waals surface area (Å²) in [5, 5.41) is 4.19. The Balaban J connectivity index is 0.000000281. The summed E-state index contributed by atoms with van der Waals surface area (Å²) in [5.74, 6) is 0. The SMILES string of the molecule is CC.Cc1ccnn1C1CC1. The molecule has 0 unspecified atom stereocenters. The van der Waals surface area contributed by atoms with Crippen LogP contribution in [0, 0.1) is 6.92 Å². The fraction of sp³-hybridized carbons (Fsp3) is 0.667. The third-order valence-corrected chi connectivity index (χ3v) is 1.76. The summed E-state index contributed by atoms with van der Waals surface area (Å²) in [5.41, 5.74) is 1.29. The molecule has 0 bridgehead atoms. The molecule has 0 saturated heterocycles. The van der Waals surface area contributed by atoms with E-state index in [1.54, 1.807) is 0 Å². The lowest BCUT2D eigenvalue weighted by molar-refractivity contribution is 0.622. The van der Waals surface area contributed by atoms with Gasteiger partial charge in [-0.05, 0) is 25.8 Å². The molecule has 0 radical (unpaired) electrons. The summed E-state index contributed by atoms with van der Waals surface area (Å²) in [7, 11) is 0. The van der Waals surface area contributed by atoms with E-state index in [1.807, 2.05) is 20.0 Å². The van der Waals surface area contributed by atoms with E-state index in [0.29, 0.717) is 0 Å². The molecule has 1 fully saturated rings. The standard InChI is InChI=1S/C7H10N2.C2H6/c1-6-4-5-8-9(6)7-2-3-7;1-2/h4-5,7H,2-3H2,1H3;1-2H3. The minimum Gasteiger partial charge on any atom is -0.267 e. The second kappa shape index (κ2) is 3.56. The summed E-state index contributed by atoms with van der Waals surface area (Å²) >= 11 is 0. The Bertz CT molecular complexity index is 211. The van der Waals surface area contributed by atoms with Crippen molar-refractivity contribution in [1.29, 1.82) is 0 Å². The first-order valence-electron chi connectivity index (χ1n) is 4.38. The average molecular weight is 152 g/mol. The van der Waals surface area contributed by atoms with Crippen LogP contribution in [0.15, 0.2) is 12.3 Å². The fourth-order valence-corrected chi connectivity index (χ4v) is 1.08. The van der Waals surface area contributed by atoms with Crippen LogP contribution < -0.4 is 0 Å². The van der Waals surface area contributed by atoms with Crippen LogP contribution in [0.2, 0.25) is 0 Å². The van der Waals surface area contributed by atoms with Gasteiger partial charge in [0, 0.05) is 11.9 Å². The molecule has 1 heterocycles. The molecule has 11 heavy (non-hydrogen) atoms. The van der Waals surface area contributed by atoms with Crippen LogP contribution in [0.4, 0.5) is 0 Å². The molecule has 0 spiro atoms. The lowest BCUT2D eigenvalue weighted by Crippen LogP contribution is -1.97. The molecule has 0 N–H and O–H groups in total. The van der Waals surface area contributed by atoms with Crippen molar-refractivity contribution >= 4 is 0 Å². The number of hydrogen-bond donors (Lipinski definition) is 0. The van der Waals surface area contributed by atoms with E-state index >= 15 is 0 Å². The molecule has 2 heteroatoms. The number of nitrogens with zero attached hydrogens (tertiary/aromatic N) is 2. The number of aryl methyl sites for hydroxylation is 1. The van der Waals surface area contributed by atoms with Crippen LogP contribution in [0.1, 0.15) is 38.4 Å². The zero-order valence-electron chi connectivity index (χ0n) is 7.54. The molecule has 0 aromatic carbocycles. The van der Waals surface area contributed by atoms with Crippen LogP contribution in [0.5, 0.6) is 0 Å². The van der Waals surface area contributed by atoms with Gasteiger partial charge in [-0.15, -0.1) is 0 Å². The van der Waals surface area contributed by atoms with Crippen molar-refractivity contribution in [3.8, 4) is 0 Å². The summed E-state index contributed by atoms with van der Waals surface area (Å²) in [6.45, 7) is 6.10. The van der Waals surface area contributed by atoms with Crippen molar-refractivity contribution < 1.29 is 0 Å². The Morgan fingerprint density at radius 3 is 2.45 bits per heavy atom. The van der Waals surface area contributed by atoms with E-state index in [4.69, 9.17) is 0 Å². The zero-order valence-corrected chi connectivity index (χ0v) is 7.54. The molecule has 2 rings (SSSR count). The minimum atomic E-state index is 0.736. The van der Waals surface area contributed by atoms with Crippen molar-refractivity contribution in [2.24, 2.45) is 0 Å². The number of rotatable bonds is 1. The second-order valence-corrected chi connectivity index (χ2v) is 2.65. The lowest BCUT2D eigenvalue weighted by atomic mass is 10.5. The molecule has 2 nitrogen and oxygen atoms in total. The zero-order chi connectivity index (χ0) is 8.27. The molecular formula is C9H16N2. The molecule has 1 saturated carbocycles. The van der Waals surface area contributed by atoms with Gasteiger partial charge in [0.15, 0.2) is 0 Å². The number of hydrogen-bond acceptors (Lipinski definition) is 1. The minimum absolute atomic E-state index is 0.736. The van der Waals surface area contributed by atoms with Gasteiger partial charge in [-0.1, -0.05) is 13.8 Å². The van der Waals surface area contributed by atoms with Crippen molar-refractivity contribution in [3.05, 3.63) is 18.0 Å². The molecule has 1 aliphatic carbocycles. The maximum atomic E-state index is 4.19. The Hall–Kier alpha value is -0.790. The molecule has 1 aromatic heterocycles. The van der Waals surface area contributed by atoms with Gasteiger partial charge in [-0.3, -0.25) is 4.68 Å². The highest BCUT2D eigenvalue weighted by Gasteiger charge is 2.24. The van der Waals surface area contributed by atoms with Gasteiger partial charge in [0.2, 0.25) is 0 Å². The first-order chi connectivity index (χ1) is 5.38. The third-order valence-electron chi connectivity index (χ3n) is 1.76. The highest BCUT2D eigenvalue weighted by molar-refractivity contribution is 5.00. The van der Waals surface area contributed by atoms with Crippen LogP contribution in [-0.4, -0.2) is 9.78 Å². The Morgan fingerprint density at radius 1 is 1.45 bits per heavy atom. The van der Waals surface area contributed by atoms with Crippen LogP contribution >= 0.6 is 0 Å². The van der Waals surface area contributed by atoms with E-state index in [-0.39, 0.29) is 0 Å². The highest BCUT2D eigenvalue weighted by Crippen LogP contribution is 2.34. The maximum Gasteiger partial charge on any atom is 0.0523 e. The van der Waals surface area contributed by atoms with Gasteiger partial charge in [-0.25, -0.2) is 0 Å². The van der Waals surface area contributed by atoms with Gasteiger partial charge in [0.25, 0.3) is 0 Å². The third kappa shape index (κ3) is 1.82. The van der Waals surface area contributed by atoms with Gasteiger partial charge in [0.05, 0.1) is 6.04 Å². The first-order valence-corrected chi connectivity index (χ1v) is 4.38. The van der Waals surface area contributed by atoms with E-state index in [2.05, 4.69) is 22.8 Å². The summed E-state index contributed by atoms with van der Waals surface area (Å²) in [6.07, 6.45) is 4.51. The second-order valence-electron chi connectivity index (χ2n) is 2.65. The van der Waals surface area contributed by atoms with Crippen molar-refractivity contribution in [3.63, 3.8) is 0 Å². The van der Waals surface area contributed by atoms with Gasteiger partial charge < -0.3 is 0 Å². The molecule has 1 aromatic rings. The van der Waals surface area contributed by atoms with Crippen molar-refractivity contribution in [2.75, 3.05) is 0 Å². The van der Waals surface area contributed by atoms with Gasteiger partial charge in [0.1, 0.15) is 0 Å². The topological polar surface area (TPSA) is 17.8 Å². The molecular weight excluding hydrogens is 136 g/mol. The lowest BCUT2D eigenvalue weighted by Gasteiger charge is -1.97. The molecule has 62 valence electrons. The Morgan fingerprint density at radius 2 is 2.09 bits per heavy atom. The van der Waals surface area contributed by atoms with E-state index in [0.717, 1.165) is 6.04 Å². The van der Waals surface area contributed by atoms with Crippen LogP contribution in [0.3, 0.4) is 0 Å². The average Bonchev–Trinajstić information content (AvgIpc) is 2.80. The fourth-order valence-electron chi connectivity index (χ4n) is 1.08. The monoisotopic (exact) mass is 152 g/mol. The van der Waals surface area contributed by atoms with Gasteiger partial charge >= 0.3 is 0 Å². The predicted octanol–water partition coefficient (Wildman–Crippen LogP) is 2.55. The number of aromatic nitrogens is 2. The normalized spacial score (nSPS) is 15.5. The first kappa shape index (κ1) is 8.31. The maximum absolute atomic E-state index is 4.19.